The predicted molar refractivity (Wildman–Crippen MR) is 94.1 cm³/mol. The van der Waals surface area contributed by atoms with Crippen LogP contribution in [-0.2, 0) is 16.1 Å². The maximum atomic E-state index is 11.6. The number of guanidine groups is 1. The molecule has 0 aliphatic carbocycles. The number of piperidine rings is 1. The molecule has 0 spiro atoms. The number of ether oxygens (including phenoxy) is 2. The highest BCUT2D eigenvalue weighted by Gasteiger charge is 2.26. The first-order valence-corrected chi connectivity index (χ1v) is 8.43. The van der Waals surface area contributed by atoms with Gasteiger partial charge in [0, 0.05) is 32.2 Å². The first-order chi connectivity index (χ1) is 11.7. The van der Waals surface area contributed by atoms with Crippen LogP contribution in [0.25, 0.3) is 0 Å². The lowest BCUT2D eigenvalue weighted by molar-refractivity contribution is -0.146. The molecule has 1 aromatic rings. The van der Waals surface area contributed by atoms with Gasteiger partial charge in [0.25, 0.3) is 0 Å². The number of nitrogens with zero attached hydrogens (tertiary/aromatic N) is 2. The minimum atomic E-state index is -0.108. The zero-order valence-electron chi connectivity index (χ0n) is 14.7. The number of hydrogen-bond donors (Lipinski definition) is 1. The van der Waals surface area contributed by atoms with Gasteiger partial charge in [-0.15, -0.1) is 0 Å². The maximum absolute atomic E-state index is 11.6. The highest BCUT2D eigenvalue weighted by molar-refractivity contribution is 5.80. The minimum Gasteiger partial charge on any atom is -0.494 e. The van der Waals surface area contributed by atoms with Gasteiger partial charge in [-0.1, -0.05) is 18.2 Å². The molecule has 6 heteroatoms. The summed E-state index contributed by atoms with van der Waals surface area (Å²) in [6.07, 6.45) is 1.59. The van der Waals surface area contributed by atoms with Crippen LogP contribution in [0.5, 0.6) is 5.75 Å². The summed E-state index contributed by atoms with van der Waals surface area (Å²) < 4.78 is 10.5. The van der Waals surface area contributed by atoms with Gasteiger partial charge >= 0.3 is 5.97 Å². The molecule has 1 aliphatic rings. The molecule has 2 rings (SSSR count). The lowest BCUT2D eigenvalue weighted by Gasteiger charge is -2.33. The van der Waals surface area contributed by atoms with E-state index in [1.54, 1.807) is 7.05 Å². The Kier molecular flexibility index (Phi) is 6.90. The van der Waals surface area contributed by atoms with E-state index in [1.807, 2.05) is 25.1 Å². The van der Waals surface area contributed by atoms with Crippen molar-refractivity contribution in [3.05, 3.63) is 29.8 Å². The summed E-state index contributed by atoms with van der Waals surface area (Å²) in [6.45, 7) is 4.88. The first kappa shape index (κ1) is 18.1. The summed E-state index contributed by atoms with van der Waals surface area (Å²) >= 11 is 0. The van der Waals surface area contributed by atoms with Crippen LogP contribution < -0.4 is 10.1 Å². The van der Waals surface area contributed by atoms with Gasteiger partial charge in [-0.25, -0.2) is 0 Å². The molecule has 0 bridgehead atoms. The summed E-state index contributed by atoms with van der Waals surface area (Å²) in [4.78, 5) is 18.2. The van der Waals surface area contributed by atoms with Gasteiger partial charge in [-0.2, -0.15) is 0 Å². The Morgan fingerprint density at radius 3 is 2.67 bits per heavy atom. The van der Waals surface area contributed by atoms with E-state index in [4.69, 9.17) is 9.47 Å². The Bertz CT molecular complexity index is 566. The fourth-order valence-electron chi connectivity index (χ4n) is 2.95. The molecule has 6 nitrogen and oxygen atoms in total. The topological polar surface area (TPSA) is 63.2 Å². The summed E-state index contributed by atoms with van der Waals surface area (Å²) in [5.41, 5.74) is 1.10. The molecule has 0 amide bonds. The molecule has 1 aromatic carbocycles. The van der Waals surface area contributed by atoms with E-state index >= 15 is 0 Å². The summed E-state index contributed by atoms with van der Waals surface area (Å²) in [6, 6.07) is 8.00. The number of nitrogens with one attached hydrogen (secondary N) is 1. The van der Waals surface area contributed by atoms with E-state index in [-0.39, 0.29) is 11.9 Å². The Morgan fingerprint density at radius 2 is 2.04 bits per heavy atom. The summed E-state index contributed by atoms with van der Waals surface area (Å²) in [5, 5.41) is 3.39. The Balaban J connectivity index is 1.91. The lowest BCUT2D eigenvalue weighted by Crippen LogP contribution is -2.46. The van der Waals surface area contributed by atoms with Crippen molar-refractivity contribution in [1.29, 1.82) is 0 Å². The van der Waals surface area contributed by atoms with Crippen LogP contribution in [0.3, 0.4) is 0 Å². The Morgan fingerprint density at radius 1 is 1.33 bits per heavy atom. The largest absolute Gasteiger partial charge is 0.494 e. The van der Waals surface area contributed by atoms with Crippen LogP contribution in [-0.4, -0.2) is 50.7 Å². The SMILES string of the molecule is CCOc1ccccc1CNC(=NC)N1CCC(C(=O)OC)CC1. The monoisotopic (exact) mass is 333 g/mol. The standard InChI is InChI=1S/C18H27N3O3/c1-4-24-16-8-6-5-7-15(16)13-20-18(19-2)21-11-9-14(10-12-21)17(22)23-3/h5-8,14H,4,9-13H2,1-3H3,(H,19,20). The Labute approximate surface area is 143 Å². The van der Waals surface area contributed by atoms with E-state index in [1.165, 1.54) is 7.11 Å². The molecule has 1 heterocycles. The summed E-state index contributed by atoms with van der Waals surface area (Å²) in [7, 11) is 3.23. The number of methoxy groups -OCH3 is 1. The van der Waals surface area contributed by atoms with Crippen molar-refractivity contribution < 1.29 is 14.3 Å². The normalized spacial score (nSPS) is 16.0. The highest BCUT2D eigenvalue weighted by Crippen LogP contribution is 2.20. The number of esters is 1. The minimum absolute atomic E-state index is 0.00281. The fraction of sp³-hybridized carbons (Fsp3) is 0.556. The number of rotatable bonds is 5. The third-order valence-corrected chi connectivity index (χ3v) is 4.25. The molecular formula is C18H27N3O3. The molecule has 1 aliphatic heterocycles. The third-order valence-electron chi connectivity index (χ3n) is 4.25. The second kappa shape index (κ2) is 9.15. The van der Waals surface area contributed by atoms with Crippen LogP contribution >= 0.6 is 0 Å². The van der Waals surface area contributed by atoms with Crippen molar-refractivity contribution in [3.63, 3.8) is 0 Å². The number of benzene rings is 1. The van der Waals surface area contributed by atoms with Crippen molar-refractivity contribution in [2.24, 2.45) is 10.9 Å². The number of likely N-dealkylation sites (tertiary alicyclic amines) is 1. The number of carbonyl (C=O) groups is 1. The average Bonchev–Trinajstić information content (AvgIpc) is 2.63. The molecule has 0 saturated carbocycles. The number of para-hydroxylation sites is 1. The van der Waals surface area contributed by atoms with E-state index in [2.05, 4.69) is 21.3 Å². The van der Waals surface area contributed by atoms with Crippen molar-refractivity contribution in [2.75, 3.05) is 33.9 Å². The molecule has 0 aromatic heterocycles. The smallest absolute Gasteiger partial charge is 0.308 e. The highest BCUT2D eigenvalue weighted by atomic mass is 16.5. The van der Waals surface area contributed by atoms with Crippen molar-refractivity contribution >= 4 is 11.9 Å². The zero-order chi connectivity index (χ0) is 17.4. The first-order valence-electron chi connectivity index (χ1n) is 8.43. The van der Waals surface area contributed by atoms with Gasteiger partial charge < -0.3 is 19.7 Å². The molecule has 1 N–H and O–H groups in total. The number of aliphatic imine (C=N–C) groups is 1. The van der Waals surface area contributed by atoms with Crippen molar-refractivity contribution in [1.82, 2.24) is 10.2 Å². The van der Waals surface area contributed by atoms with Gasteiger partial charge in [0.15, 0.2) is 5.96 Å². The van der Waals surface area contributed by atoms with E-state index in [9.17, 15) is 4.79 Å². The van der Waals surface area contributed by atoms with E-state index in [0.717, 1.165) is 43.2 Å². The fourth-order valence-corrected chi connectivity index (χ4v) is 2.95. The van der Waals surface area contributed by atoms with Crippen LogP contribution in [0.15, 0.2) is 29.3 Å². The average molecular weight is 333 g/mol. The summed E-state index contributed by atoms with van der Waals surface area (Å²) in [5.74, 6) is 1.64. The molecule has 1 saturated heterocycles. The zero-order valence-corrected chi connectivity index (χ0v) is 14.7. The predicted octanol–water partition coefficient (Wildman–Crippen LogP) is 2.05. The van der Waals surface area contributed by atoms with Crippen LogP contribution in [0.1, 0.15) is 25.3 Å². The van der Waals surface area contributed by atoms with Crippen LogP contribution in [0, 0.1) is 5.92 Å². The van der Waals surface area contributed by atoms with Gasteiger partial charge in [0.2, 0.25) is 0 Å². The number of carbonyl (C=O) groups excluding carboxylic acids is 1. The van der Waals surface area contributed by atoms with Gasteiger partial charge in [0.05, 0.1) is 19.6 Å². The van der Waals surface area contributed by atoms with Crippen LogP contribution in [0.2, 0.25) is 0 Å². The van der Waals surface area contributed by atoms with Gasteiger partial charge in [-0.05, 0) is 25.8 Å². The van der Waals surface area contributed by atoms with Crippen LogP contribution in [0.4, 0.5) is 0 Å². The van der Waals surface area contributed by atoms with Gasteiger partial charge in [-0.3, -0.25) is 9.79 Å². The molecular weight excluding hydrogens is 306 g/mol. The van der Waals surface area contributed by atoms with E-state index < -0.39 is 0 Å². The maximum Gasteiger partial charge on any atom is 0.308 e. The molecule has 1 fully saturated rings. The number of hydrogen-bond acceptors (Lipinski definition) is 4. The Hall–Kier alpha value is -2.24. The second-order valence-corrected chi connectivity index (χ2v) is 5.73. The third kappa shape index (κ3) is 4.63. The molecule has 0 radical (unpaired) electrons. The van der Waals surface area contributed by atoms with Crippen molar-refractivity contribution in [2.45, 2.75) is 26.3 Å². The van der Waals surface area contributed by atoms with E-state index in [0.29, 0.717) is 13.2 Å². The second-order valence-electron chi connectivity index (χ2n) is 5.73. The van der Waals surface area contributed by atoms with Crippen molar-refractivity contribution in [3.8, 4) is 5.75 Å². The molecule has 0 atom stereocenters. The quantitative estimate of drug-likeness (QED) is 0.508. The molecule has 0 unspecified atom stereocenters. The molecule has 24 heavy (non-hydrogen) atoms. The molecule has 132 valence electrons. The lowest BCUT2D eigenvalue weighted by atomic mass is 9.97. The van der Waals surface area contributed by atoms with Gasteiger partial charge in [0.1, 0.15) is 5.75 Å².